The molecule has 0 saturated carbocycles. The monoisotopic (exact) mass is 415 g/mol. The van der Waals surface area contributed by atoms with Crippen LogP contribution >= 0.6 is 31.9 Å². The first-order chi connectivity index (χ1) is 9.90. The summed E-state index contributed by atoms with van der Waals surface area (Å²) < 4.78 is 14.7. The quantitative estimate of drug-likeness (QED) is 0.808. The van der Waals surface area contributed by atoms with Crippen LogP contribution in [0, 0.1) is 5.82 Å². The molecule has 1 N–H and O–H groups in total. The maximum absolute atomic E-state index is 13.6. The zero-order valence-electron chi connectivity index (χ0n) is 11.1. The molecule has 0 radical (unpaired) electrons. The second kappa shape index (κ2) is 6.58. The first-order valence-corrected chi connectivity index (χ1v) is 7.65. The number of phenolic OH excluding ortho intramolecular Hbond substituents is 1. The molecule has 0 bridgehead atoms. The number of hydrogen-bond acceptors (Lipinski definition) is 2. The standard InChI is InChI=1S/C15H12Br2FNO2/c1-19(8-9-4-2-3-5-13(9)18)15(21)11-6-10(16)7-12(17)14(11)20/h2-7,20H,8H2,1H3. The van der Waals surface area contributed by atoms with E-state index in [4.69, 9.17) is 0 Å². The van der Waals surface area contributed by atoms with Gasteiger partial charge in [0.25, 0.3) is 5.91 Å². The van der Waals surface area contributed by atoms with Crippen molar-refractivity contribution in [3.05, 3.63) is 62.3 Å². The Labute approximate surface area is 138 Å². The van der Waals surface area contributed by atoms with Crippen LogP contribution in [-0.4, -0.2) is 23.0 Å². The number of nitrogens with zero attached hydrogens (tertiary/aromatic N) is 1. The summed E-state index contributed by atoms with van der Waals surface area (Å²) in [5.74, 6) is -0.891. The summed E-state index contributed by atoms with van der Waals surface area (Å²) in [5, 5.41) is 9.97. The van der Waals surface area contributed by atoms with E-state index < -0.39 is 5.91 Å². The molecule has 2 rings (SSSR count). The van der Waals surface area contributed by atoms with Gasteiger partial charge in [0, 0.05) is 23.6 Å². The summed E-state index contributed by atoms with van der Waals surface area (Å²) in [6.07, 6.45) is 0. The molecule has 3 nitrogen and oxygen atoms in total. The van der Waals surface area contributed by atoms with E-state index in [-0.39, 0.29) is 23.7 Å². The van der Waals surface area contributed by atoms with Gasteiger partial charge in [-0.15, -0.1) is 0 Å². The average molecular weight is 417 g/mol. The first-order valence-electron chi connectivity index (χ1n) is 6.07. The minimum atomic E-state index is -0.391. The fourth-order valence-electron chi connectivity index (χ4n) is 1.89. The van der Waals surface area contributed by atoms with Crippen molar-refractivity contribution < 1.29 is 14.3 Å². The van der Waals surface area contributed by atoms with E-state index in [0.29, 0.717) is 14.5 Å². The van der Waals surface area contributed by atoms with Gasteiger partial charge in [0.2, 0.25) is 0 Å². The first kappa shape index (κ1) is 16.0. The lowest BCUT2D eigenvalue weighted by atomic mass is 10.1. The van der Waals surface area contributed by atoms with Crippen LogP contribution in [0.1, 0.15) is 15.9 Å². The summed E-state index contributed by atoms with van der Waals surface area (Å²) in [7, 11) is 1.56. The van der Waals surface area contributed by atoms with Crippen LogP contribution in [0.5, 0.6) is 5.75 Å². The van der Waals surface area contributed by atoms with Gasteiger partial charge < -0.3 is 10.0 Å². The van der Waals surface area contributed by atoms with Crippen LogP contribution < -0.4 is 0 Å². The highest BCUT2D eigenvalue weighted by Gasteiger charge is 2.19. The Morgan fingerprint density at radius 3 is 2.62 bits per heavy atom. The molecule has 0 spiro atoms. The molecule has 1 amide bonds. The zero-order chi connectivity index (χ0) is 15.6. The minimum absolute atomic E-state index is 0.120. The van der Waals surface area contributed by atoms with E-state index in [9.17, 15) is 14.3 Å². The molecule has 2 aromatic carbocycles. The van der Waals surface area contributed by atoms with Crippen LogP contribution in [-0.2, 0) is 6.54 Å². The van der Waals surface area contributed by atoms with Gasteiger partial charge in [0.15, 0.2) is 0 Å². The lowest BCUT2D eigenvalue weighted by Gasteiger charge is -2.19. The summed E-state index contributed by atoms with van der Waals surface area (Å²) in [6, 6.07) is 9.45. The number of rotatable bonds is 3. The Morgan fingerprint density at radius 2 is 1.95 bits per heavy atom. The fourth-order valence-corrected chi connectivity index (χ4v) is 3.11. The maximum atomic E-state index is 13.6. The smallest absolute Gasteiger partial charge is 0.257 e. The molecule has 0 aromatic heterocycles. The van der Waals surface area contributed by atoms with Crippen LogP contribution in [0.4, 0.5) is 4.39 Å². The van der Waals surface area contributed by atoms with Crippen LogP contribution in [0.3, 0.4) is 0 Å². The Morgan fingerprint density at radius 1 is 1.29 bits per heavy atom. The van der Waals surface area contributed by atoms with E-state index in [1.54, 1.807) is 31.3 Å². The number of benzene rings is 2. The van der Waals surface area contributed by atoms with E-state index >= 15 is 0 Å². The molecule has 21 heavy (non-hydrogen) atoms. The lowest BCUT2D eigenvalue weighted by molar-refractivity contribution is 0.0780. The topological polar surface area (TPSA) is 40.5 Å². The van der Waals surface area contributed by atoms with E-state index in [2.05, 4.69) is 31.9 Å². The van der Waals surface area contributed by atoms with E-state index in [1.807, 2.05) is 0 Å². The molecule has 0 aliphatic heterocycles. The molecular weight excluding hydrogens is 405 g/mol. The van der Waals surface area contributed by atoms with Crippen LogP contribution in [0.25, 0.3) is 0 Å². The number of halogens is 3. The molecule has 0 aliphatic rings. The number of phenols is 1. The highest BCUT2D eigenvalue weighted by atomic mass is 79.9. The lowest BCUT2D eigenvalue weighted by Crippen LogP contribution is -2.26. The van der Waals surface area contributed by atoms with Gasteiger partial charge in [0.1, 0.15) is 11.6 Å². The van der Waals surface area contributed by atoms with Crippen molar-refractivity contribution in [1.29, 1.82) is 0 Å². The molecule has 6 heteroatoms. The van der Waals surface area contributed by atoms with Gasteiger partial charge in [-0.05, 0) is 34.1 Å². The minimum Gasteiger partial charge on any atom is -0.506 e. The fraction of sp³-hybridized carbons (Fsp3) is 0.133. The Balaban J connectivity index is 2.26. The van der Waals surface area contributed by atoms with Crippen molar-refractivity contribution in [3.63, 3.8) is 0 Å². The highest BCUT2D eigenvalue weighted by Crippen LogP contribution is 2.32. The largest absolute Gasteiger partial charge is 0.506 e. The van der Waals surface area contributed by atoms with Crippen molar-refractivity contribution in [2.45, 2.75) is 6.54 Å². The molecular formula is C15H12Br2FNO2. The number of aromatic hydroxyl groups is 1. The normalized spacial score (nSPS) is 10.5. The average Bonchev–Trinajstić information content (AvgIpc) is 2.44. The van der Waals surface area contributed by atoms with Crippen LogP contribution in [0.2, 0.25) is 0 Å². The summed E-state index contributed by atoms with van der Waals surface area (Å²) in [4.78, 5) is 13.7. The molecule has 0 heterocycles. The third-order valence-corrected chi connectivity index (χ3v) is 4.03. The Kier molecular flexibility index (Phi) is 5.00. The number of amides is 1. The highest BCUT2D eigenvalue weighted by molar-refractivity contribution is 9.11. The van der Waals surface area contributed by atoms with Crippen LogP contribution in [0.15, 0.2) is 45.3 Å². The van der Waals surface area contributed by atoms with Gasteiger partial charge in [-0.3, -0.25) is 4.79 Å². The van der Waals surface area contributed by atoms with Gasteiger partial charge in [-0.25, -0.2) is 4.39 Å². The second-order valence-corrected chi connectivity index (χ2v) is 6.31. The molecule has 0 saturated heterocycles. The molecule has 0 unspecified atom stereocenters. The van der Waals surface area contributed by atoms with Gasteiger partial charge in [0.05, 0.1) is 10.0 Å². The summed E-state index contributed by atoms with van der Waals surface area (Å²) in [5.41, 5.74) is 0.567. The van der Waals surface area contributed by atoms with E-state index in [0.717, 1.165) is 0 Å². The maximum Gasteiger partial charge on any atom is 0.257 e. The predicted molar refractivity (Wildman–Crippen MR) is 85.7 cm³/mol. The third-order valence-electron chi connectivity index (χ3n) is 2.97. The molecule has 0 fully saturated rings. The van der Waals surface area contributed by atoms with Crippen molar-refractivity contribution in [2.24, 2.45) is 0 Å². The Bertz CT molecular complexity index is 691. The van der Waals surface area contributed by atoms with Crippen molar-refractivity contribution >= 4 is 37.8 Å². The SMILES string of the molecule is CN(Cc1ccccc1F)C(=O)c1cc(Br)cc(Br)c1O. The summed E-state index contributed by atoms with van der Waals surface area (Å²) in [6.45, 7) is 0.120. The third kappa shape index (κ3) is 3.63. The number of hydrogen-bond donors (Lipinski definition) is 1. The zero-order valence-corrected chi connectivity index (χ0v) is 14.3. The van der Waals surface area contributed by atoms with Crippen molar-refractivity contribution in [1.82, 2.24) is 4.90 Å². The number of carbonyl (C=O) groups excluding carboxylic acids is 1. The molecule has 0 atom stereocenters. The molecule has 0 aliphatic carbocycles. The number of carbonyl (C=O) groups is 1. The van der Waals surface area contributed by atoms with Crippen molar-refractivity contribution in [2.75, 3.05) is 7.05 Å². The summed E-state index contributed by atoms with van der Waals surface area (Å²) >= 11 is 6.45. The van der Waals surface area contributed by atoms with E-state index in [1.165, 1.54) is 17.0 Å². The van der Waals surface area contributed by atoms with Crippen molar-refractivity contribution in [3.8, 4) is 5.75 Å². The molecule has 110 valence electrons. The van der Waals surface area contributed by atoms with Gasteiger partial charge >= 0.3 is 0 Å². The Hall–Kier alpha value is -1.40. The van der Waals surface area contributed by atoms with Gasteiger partial charge in [-0.1, -0.05) is 34.1 Å². The second-order valence-electron chi connectivity index (χ2n) is 4.54. The van der Waals surface area contributed by atoms with Gasteiger partial charge in [-0.2, -0.15) is 0 Å². The predicted octanol–water partition coefficient (Wildman–Crippen LogP) is 4.33. The molecule has 2 aromatic rings.